The van der Waals surface area contributed by atoms with Gasteiger partial charge in [-0.15, -0.1) is 0 Å². The summed E-state index contributed by atoms with van der Waals surface area (Å²) in [7, 11) is 0. The van der Waals surface area contributed by atoms with Gasteiger partial charge in [0.05, 0.1) is 27.8 Å². The molecule has 4 amide bonds. The first kappa shape index (κ1) is 44.8. The molecule has 0 saturated carbocycles. The number of hydrogen-bond donors (Lipinski definition) is 4. The van der Waals surface area contributed by atoms with Gasteiger partial charge in [0.25, 0.3) is 11.8 Å². The third-order valence-corrected chi connectivity index (χ3v) is 12.0. The van der Waals surface area contributed by atoms with Gasteiger partial charge in [-0.25, -0.2) is 19.4 Å². The molecule has 0 bridgehead atoms. The van der Waals surface area contributed by atoms with Gasteiger partial charge < -0.3 is 29.3 Å². The molecule has 4 aromatic carbocycles. The maximum atomic E-state index is 12.7. The van der Waals surface area contributed by atoms with Crippen LogP contribution in [-0.2, 0) is 19.2 Å². The van der Waals surface area contributed by atoms with Crippen molar-refractivity contribution in [3.8, 4) is 56.4 Å². The number of aromatic carboxylic acids is 2. The molecule has 1 atom stereocenters. The van der Waals surface area contributed by atoms with Crippen LogP contribution in [0.5, 0.6) is 11.5 Å². The lowest BCUT2D eigenvalue weighted by molar-refractivity contribution is -0.122. The molecule has 1 saturated heterocycles. The number of amides is 4. The number of rotatable bonds is 7. The molecule has 4 aromatic rings. The number of carbonyl (C=O) groups excluding carboxylic acids is 4. The third kappa shape index (κ3) is 7.93. The Labute approximate surface area is 381 Å². The summed E-state index contributed by atoms with van der Waals surface area (Å²) in [6.45, 7) is 0. The highest BCUT2D eigenvalue weighted by Crippen LogP contribution is 2.45. The van der Waals surface area contributed by atoms with Crippen LogP contribution in [0, 0.1) is 0 Å². The number of nitrogens with zero attached hydrogens (tertiary/aromatic N) is 2. The second-order valence-corrected chi connectivity index (χ2v) is 16.1. The van der Waals surface area contributed by atoms with Crippen molar-refractivity contribution in [3.05, 3.63) is 153 Å². The Balaban J connectivity index is 0.000000179. The van der Waals surface area contributed by atoms with Crippen molar-refractivity contribution >= 4 is 80.6 Å². The van der Waals surface area contributed by atoms with Gasteiger partial charge in [-0.1, -0.05) is 19.6 Å². The van der Waals surface area contributed by atoms with Gasteiger partial charge >= 0.3 is 11.9 Å². The first-order valence-corrected chi connectivity index (χ1v) is 21.0. The normalized spacial score (nSPS) is 14.6. The van der Waals surface area contributed by atoms with Crippen LogP contribution in [0.1, 0.15) is 34.6 Å². The first-order chi connectivity index (χ1) is 31.6. The predicted octanol–water partition coefficient (Wildman–Crippen LogP) is 8.00. The van der Waals surface area contributed by atoms with E-state index in [4.69, 9.17) is 8.83 Å². The Hall–Kier alpha value is -8.83. The summed E-state index contributed by atoms with van der Waals surface area (Å²) in [6.07, 6.45) is 4.03. The Morgan fingerprint density at radius 3 is 1.42 bits per heavy atom. The molecule has 334 valence electrons. The number of carbonyl (C=O) groups is 6. The molecule has 67 heavy (non-hydrogen) atoms. The smallest absolute Gasteiger partial charge is 0.336 e. The van der Waals surface area contributed by atoms with E-state index in [1.54, 1.807) is 30.5 Å². The van der Waals surface area contributed by atoms with E-state index in [-0.39, 0.29) is 93.2 Å². The highest BCUT2D eigenvalue weighted by molar-refractivity contribution is 8.00. The number of phenols is 2. The van der Waals surface area contributed by atoms with Crippen molar-refractivity contribution in [1.29, 1.82) is 0 Å². The molecule has 4 heterocycles. The number of hydrogen-bond acceptors (Lipinski definition) is 13. The van der Waals surface area contributed by atoms with Crippen molar-refractivity contribution < 1.29 is 58.0 Å². The summed E-state index contributed by atoms with van der Waals surface area (Å²) < 4.78 is 11.6. The minimum atomic E-state index is -1.27. The zero-order chi connectivity index (χ0) is 46.7. The summed E-state index contributed by atoms with van der Waals surface area (Å²) in [5.74, 6) is -4.07. The number of anilines is 2. The molecule has 6 aliphatic rings. The zero-order valence-electron chi connectivity index (χ0n) is 34.0. The van der Waals surface area contributed by atoms with Crippen molar-refractivity contribution in [2.75, 3.05) is 16.1 Å². The zero-order valence-corrected chi connectivity index (χ0v) is 34.8. The Morgan fingerprint density at radius 2 is 1.00 bits per heavy atom. The molecule has 0 radical (unpaired) electrons. The van der Waals surface area contributed by atoms with Crippen LogP contribution in [0.15, 0.2) is 140 Å². The second-order valence-electron chi connectivity index (χ2n) is 15.0. The van der Waals surface area contributed by atoms with Crippen LogP contribution >= 0.6 is 11.8 Å². The molecular formula is C50H34N2O14S. The molecule has 4 N–H and O–H groups in total. The molecule has 1 fully saturated rings. The van der Waals surface area contributed by atoms with E-state index in [0.717, 1.165) is 22.0 Å². The van der Waals surface area contributed by atoms with Gasteiger partial charge in [0.1, 0.15) is 34.2 Å². The van der Waals surface area contributed by atoms with E-state index < -0.39 is 29.0 Å². The minimum Gasteiger partial charge on any atom is -0.508 e. The standard InChI is InChI=1S/C25H17NO7S.C24H13NO7.CH4/c1-34-21-11-22(29)26(24(21)30)12-2-5-15(18(8-12)25(31)32)23-16-6-3-13(27)9-19(16)33-20-10-14(28)4-7-17(20)23;26-13-2-5-16-19(10-13)32-20-11-14(27)3-6-17(20)23(16)15-4-1-12(9-18(15)24(30)31)25-21(28)7-8-22(25)29;/h2-10,21,27H,11H2,1H3,(H,31,32);1-11,26H,(H,30,31);1H4. The topological polar surface area (TPSA) is 250 Å². The van der Waals surface area contributed by atoms with E-state index >= 15 is 0 Å². The van der Waals surface area contributed by atoms with Crippen LogP contribution in [-0.4, -0.2) is 67.5 Å². The maximum absolute atomic E-state index is 12.7. The average molecular weight is 919 g/mol. The maximum Gasteiger partial charge on any atom is 0.336 e. The van der Waals surface area contributed by atoms with E-state index in [9.17, 15) is 58.8 Å². The van der Waals surface area contributed by atoms with Gasteiger partial charge in [-0.05, 0) is 90.2 Å². The Bertz CT molecular complexity index is 3520. The summed E-state index contributed by atoms with van der Waals surface area (Å²) in [6, 6.07) is 25.8. The van der Waals surface area contributed by atoms with Crippen LogP contribution < -0.4 is 20.7 Å². The van der Waals surface area contributed by atoms with Gasteiger partial charge in [-0.3, -0.25) is 28.8 Å². The summed E-state index contributed by atoms with van der Waals surface area (Å²) in [5, 5.41) is 40.3. The number of carboxylic acid groups (broad SMARTS) is 2. The van der Waals surface area contributed by atoms with Crippen molar-refractivity contribution in [2.24, 2.45) is 0 Å². The largest absolute Gasteiger partial charge is 0.508 e. The number of imide groups is 2. The SMILES string of the molecule is C.CSC1CC(=O)N(c2ccc(-c3c4ccc(=O)cc-4oc4cc(O)ccc34)c(C(=O)O)c2)C1=O.O=C(O)c1cc(N2C(=O)C=CC2=O)ccc1-c1c2ccc(=O)cc-2oc2cc(O)ccc12. The van der Waals surface area contributed by atoms with E-state index in [2.05, 4.69) is 0 Å². The molecule has 10 rings (SSSR count). The van der Waals surface area contributed by atoms with Gasteiger partial charge in [0.2, 0.25) is 11.8 Å². The van der Waals surface area contributed by atoms with Gasteiger partial charge in [-0.2, -0.15) is 11.8 Å². The lowest BCUT2D eigenvalue weighted by Crippen LogP contribution is -2.31. The number of benzene rings is 6. The molecule has 0 aromatic heterocycles. The quantitative estimate of drug-likeness (QED) is 0.0873. The second kappa shape index (κ2) is 17.3. The minimum absolute atomic E-state index is 0. The molecular weight excluding hydrogens is 885 g/mol. The predicted molar refractivity (Wildman–Crippen MR) is 249 cm³/mol. The van der Waals surface area contributed by atoms with E-state index in [0.29, 0.717) is 44.2 Å². The van der Waals surface area contributed by atoms with Crippen molar-refractivity contribution in [2.45, 2.75) is 19.1 Å². The first-order valence-electron chi connectivity index (χ1n) is 19.7. The third-order valence-electron chi connectivity index (χ3n) is 11.1. The highest BCUT2D eigenvalue weighted by Gasteiger charge is 2.39. The summed E-state index contributed by atoms with van der Waals surface area (Å²) in [5.41, 5.74) is 2.54. The summed E-state index contributed by atoms with van der Waals surface area (Å²) in [4.78, 5) is 99.5. The number of phenolic OH excluding ortho intramolecular Hbond substituents is 2. The fourth-order valence-corrected chi connectivity index (χ4v) is 8.76. The lowest BCUT2D eigenvalue weighted by atomic mass is 9.90. The monoisotopic (exact) mass is 918 g/mol. The molecule has 1 unspecified atom stereocenters. The number of carboxylic acids is 2. The molecule has 17 heteroatoms. The molecule has 16 nitrogen and oxygen atoms in total. The average Bonchev–Trinajstić information content (AvgIpc) is 3.78. The van der Waals surface area contributed by atoms with E-state index in [1.165, 1.54) is 96.7 Å². The van der Waals surface area contributed by atoms with Crippen LogP contribution in [0.2, 0.25) is 0 Å². The molecule has 4 aliphatic heterocycles. The van der Waals surface area contributed by atoms with Crippen LogP contribution in [0.25, 0.3) is 66.8 Å². The summed E-state index contributed by atoms with van der Waals surface area (Å²) >= 11 is 1.27. The number of fused-ring (bicyclic) bond motifs is 4. The van der Waals surface area contributed by atoms with Crippen molar-refractivity contribution in [3.63, 3.8) is 0 Å². The van der Waals surface area contributed by atoms with Gasteiger partial charge in [0, 0.05) is 75.9 Å². The highest BCUT2D eigenvalue weighted by atomic mass is 32.2. The lowest BCUT2D eigenvalue weighted by Gasteiger charge is -2.19. The Morgan fingerprint density at radius 1 is 0.567 bits per heavy atom. The number of aromatic hydroxyl groups is 2. The Kier molecular flexibility index (Phi) is 11.5. The van der Waals surface area contributed by atoms with Gasteiger partial charge in [0.15, 0.2) is 10.9 Å². The molecule has 0 spiro atoms. The molecule has 2 aliphatic carbocycles. The number of thioether (sulfide) groups is 1. The van der Waals surface area contributed by atoms with E-state index in [1.807, 2.05) is 0 Å². The van der Waals surface area contributed by atoms with Crippen molar-refractivity contribution in [1.82, 2.24) is 0 Å². The fourth-order valence-electron chi connectivity index (χ4n) is 8.15. The van der Waals surface area contributed by atoms with Crippen LogP contribution in [0.3, 0.4) is 0 Å². The van der Waals surface area contributed by atoms with Crippen LogP contribution in [0.4, 0.5) is 11.4 Å². The fraction of sp³-hybridized carbons (Fsp3) is 0.0800.